The lowest BCUT2D eigenvalue weighted by Gasteiger charge is -2.24. The molecular weight excluding hydrogens is 346 g/mol. The number of carbonyl (C=O) groups is 3. The highest BCUT2D eigenvalue weighted by atomic mass is 32.2. The molecule has 25 heavy (non-hydrogen) atoms. The van der Waals surface area contributed by atoms with Gasteiger partial charge in [-0.2, -0.15) is 0 Å². The molecule has 2 aliphatic rings. The Hall–Kier alpha value is -2.03. The lowest BCUT2D eigenvalue weighted by molar-refractivity contribution is -0.148. The number of rotatable bonds is 6. The fourth-order valence-corrected chi connectivity index (χ4v) is 4.50. The van der Waals surface area contributed by atoms with Gasteiger partial charge in [0.05, 0.1) is 11.5 Å². The van der Waals surface area contributed by atoms with Crippen LogP contribution in [0.5, 0.6) is 0 Å². The lowest BCUT2D eigenvalue weighted by atomic mass is 9.94. The van der Waals surface area contributed by atoms with E-state index >= 15 is 0 Å². The SMILES string of the molecule is Cc1cc(NC(=O)CSCC(=O)N2CC3CCCC3C2C(=O)O)no1. The van der Waals surface area contributed by atoms with E-state index in [1.807, 2.05) is 0 Å². The van der Waals surface area contributed by atoms with Gasteiger partial charge in [-0.25, -0.2) is 4.79 Å². The van der Waals surface area contributed by atoms with Gasteiger partial charge in [0, 0.05) is 12.6 Å². The van der Waals surface area contributed by atoms with E-state index in [9.17, 15) is 19.5 Å². The maximum Gasteiger partial charge on any atom is 0.326 e. The molecule has 0 aromatic carbocycles. The second-order valence-corrected chi connectivity index (χ2v) is 7.53. The van der Waals surface area contributed by atoms with Crippen molar-refractivity contribution in [3.8, 4) is 0 Å². The van der Waals surface area contributed by atoms with E-state index in [2.05, 4.69) is 10.5 Å². The average molecular weight is 367 g/mol. The van der Waals surface area contributed by atoms with Crippen LogP contribution >= 0.6 is 11.8 Å². The van der Waals surface area contributed by atoms with E-state index in [-0.39, 0.29) is 29.2 Å². The Labute approximate surface area is 149 Å². The third-order valence-corrected chi connectivity index (χ3v) is 5.74. The first-order valence-corrected chi connectivity index (χ1v) is 9.44. The van der Waals surface area contributed by atoms with Crippen molar-refractivity contribution in [2.45, 2.75) is 32.2 Å². The molecule has 0 spiro atoms. The summed E-state index contributed by atoms with van der Waals surface area (Å²) in [6.45, 7) is 2.24. The van der Waals surface area contributed by atoms with Gasteiger partial charge in [0.25, 0.3) is 0 Å². The molecule has 2 N–H and O–H groups in total. The summed E-state index contributed by atoms with van der Waals surface area (Å²) in [5.74, 6) is 0.0805. The zero-order valence-corrected chi connectivity index (χ0v) is 14.8. The quantitative estimate of drug-likeness (QED) is 0.780. The highest BCUT2D eigenvalue weighted by molar-refractivity contribution is 8.00. The van der Waals surface area contributed by atoms with E-state index < -0.39 is 12.0 Å². The first-order chi connectivity index (χ1) is 12.0. The van der Waals surface area contributed by atoms with Crippen LogP contribution in [0.4, 0.5) is 5.82 Å². The summed E-state index contributed by atoms with van der Waals surface area (Å²) in [4.78, 5) is 37.3. The number of aryl methyl sites for hydroxylation is 1. The van der Waals surface area contributed by atoms with Crippen LogP contribution in [0.15, 0.2) is 10.6 Å². The number of nitrogens with one attached hydrogen (secondary N) is 1. The fourth-order valence-electron chi connectivity index (χ4n) is 3.80. The van der Waals surface area contributed by atoms with E-state index in [1.54, 1.807) is 13.0 Å². The molecular formula is C16H21N3O5S. The lowest BCUT2D eigenvalue weighted by Crippen LogP contribution is -2.44. The Bertz CT molecular complexity index is 676. The molecule has 0 bridgehead atoms. The van der Waals surface area contributed by atoms with Crippen molar-refractivity contribution in [2.24, 2.45) is 11.8 Å². The van der Waals surface area contributed by atoms with E-state index in [0.717, 1.165) is 19.3 Å². The van der Waals surface area contributed by atoms with Gasteiger partial charge in [0.2, 0.25) is 11.8 Å². The zero-order chi connectivity index (χ0) is 18.0. The first kappa shape index (κ1) is 17.8. The molecule has 0 radical (unpaired) electrons. The molecule has 1 aliphatic heterocycles. The Morgan fingerprint density at radius 3 is 2.88 bits per heavy atom. The molecule has 1 aromatic heterocycles. The van der Waals surface area contributed by atoms with Gasteiger partial charge in [-0.15, -0.1) is 11.8 Å². The summed E-state index contributed by atoms with van der Waals surface area (Å²) >= 11 is 1.17. The summed E-state index contributed by atoms with van der Waals surface area (Å²) in [7, 11) is 0. The van der Waals surface area contributed by atoms with E-state index in [4.69, 9.17) is 4.52 Å². The van der Waals surface area contributed by atoms with Crippen LogP contribution in [0, 0.1) is 18.8 Å². The highest BCUT2D eigenvalue weighted by Gasteiger charge is 2.49. The predicted molar refractivity (Wildman–Crippen MR) is 91.2 cm³/mol. The van der Waals surface area contributed by atoms with Crippen molar-refractivity contribution in [2.75, 3.05) is 23.4 Å². The van der Waals surface area contributed by atoms with Gasteiger partial charge in [-0.1, -0.05) is 11.6 Å². The van der Waals surface area contributed by atoms with Gasteiger partial charge in [0.15, 0.2) is 5.82 Å². The van der Waals surface area contributed by atoms with Crippen molar-refractivity contribution in [1.29, 1.82) is 0 Å². The van der Waals surface area contributed by atoms with Crippen LogP contribution in [-0.2, 0) is 14.4 Å². The molecule has 1 aromatic rings. The smallest absolute Gasteiger partial charge is 0.326 e. The van der Waals surface area contributed by atoms with E-state index in [0.29, 0.717) is 24.0 Å². The minimum Gasteiger partial charge on any atom is -0.480 e. The van der Waals surface area contributed by atoms with Crippen LogP contribution in [0.1, 0.15) is 25.0 Å². The Balaban J connectivity index is 1.47. The van der Waals surface area contributed by atoms with Crippen molar-refractivity contribution in [3.63, 3.8) is 0 Å². The molecule has 1 aliphatic carbocycles. The third kappa shape index (κ3) is 3.97. The molecule has 2 fully saturated rings. The number of likely N-dealkylation sites (tertiary alicyclic amines) is 1. The number of thioether (sulfide) groups is 1. The number of aliphatic carboxylic acids is 1. The molecule has 136 valence electrons. The number of carboxylic acids is 1. The van der Waals surface area contributed by atoms with Crippen molar-refractivity contribution in [1.82, 2.24) is 10.1 Å². The number of hydrogen-bond donors (Lipinski definition) is 2. The molecule has 3 atom stereocenters. The number of amides is 2. The summed E-state index contributed by atoms with van der Waals surface area (Å²) in [5.41, 5.74) is 0. The minimum atomic E-state index is -0.924. The van der Waals surface area contributed by atoms with Gasteiger partial charge in [0.1, 0.15) is 11.8 Å². The maximum absolute atomic E-state index is 12.4. The number of nitrogens with zero attached hydrogens (tertiary/aromatic N) is 2. The highest BCUT2D eigenvalue weighted by Crippen LogP contribution is 2.42. The maximum atomic E-state index is 12.4. The third-order valence-electron chi connectivity index (χ3n) is 4.82. The zero-order valence-electron chi connectivity index (χ0n) is 13.9. The Morgan fingerprint density at radius 2 is 2.20 bits per heavy atom. The summed E-state index contributed by atoms with van der Waals surface area (Å²) < 4.78 is 4.86. The normalized spacial score (nSPS) is 25.0. The Kier molecular flexibility index (Phi) is 5.31. The van der Waals surface area contributed by atoms with Crippen molar-refractivity contribution >= 4 is 35.4 Å². The van der Waals surface area contributed by atoms with Crippen LogP contribution in [0.2, 0.25) is 0 Å². The van der Waals surface area contributed by atoms with Crippen molar-refractivity contribution < 1.29 is 24.0 Å². The topological polar surface area (TPSA) is 113 Å². The molecule has 1 saturated carbocycles. The minimum absolute atomic E-state index is 0.0742. The van der Waals surface area contributed by atoms with Crippen molar-refractivity contribution in [3.05, 3.63) is 11.8 Å². The van der Waals surface area contributed by atoms with Crippen LogP contribution < -0.4 is 5.32 Å². The molecule has 2 amide bonds. The second-order valence-electron chi connectivity index (χ2n) is 6.55. The van der Waals surface area contributed by atoms with Gasteiger partial charge < -0.3 is 19.8 Å². The monoisotopic (exact) mass is 367 g/mol. The average Bonchev–Trinajstić information content (AvgIpc) is 3.21. The second kappa shape index (κ2) is 7.47. The van der Waals surface area contributed by atoms with E-state index in [1.165, 1.54) is 16.7 Å². The number of fused-ring (bicyclic) bond motifs is 1. The number of anilines is 1. The van der Waals surface area contributed by atoms with Gasteiger partial charge in [-0.05, 0) is 31.6 Å². The summed E-state index contributed by atoms with van der Waals surface area (Å²) in [6, 6.07) is 0.890. The fraction of sp³-hybridized carbons (Fsp3) is 0.625. The van der Waals surface area contributed by atoms with Crippen LogP contribution in [0.25, 0.3) is 0 Å². The Morgan fingerprint density at radius 1 is 1.40 bits per heavy atom. The molecule has 8 nitrogen and oxygen atoms in total. The van der Waals surface area contributed by atoms with Gasteiger partial charge >= 0.3 is 5.97 Å². The van der Waals surface area contributed by atoms with Crippen LogP contribution in [-0.4, -0.2) is 57.0 Å². The summed E-state index contributed by atoms with van der Waals surface area (Å²) in [5, 5.41) is 15.7. The number of aromatic nitrogens is 1. The predicted octanol–water partition coefficient (Wildman–Crippen LogP) is 1.37. The molecule has 2 heterocycles. The number of carbonyl (C=O) groups excluding carboxylic acids is 2. The largest absolute Gasteiger partial charge is 0.480 e. The molecule has 3 unspecified atom stereocenters. The number of hydrogen-bond acceptors (Lipinski definition) is 6. The van der Waals surface area contributed by atoms with Crippen LogP contribution in [0.3, 0.4) is 0 Å². The van der Waals surface area contributed by atoms with Gasteiger partial charge in [-0.3, -0.25) is 9.59 Å². The first-order valence-electron chi connectivity index (χ1n) is 8.29. The number of carboxylic acid groups (broad SMARTS) is 1. The molecule has 9 heteroatoms. The standard InChI is InChI=1S/C16H21N3O5S/c1-9-5-12(18-24-9)17-13(20)7-25-8-14(21)19-6-10-3-2-4-11(10)15(19)16(22)23/h5,10-11,15H,2-4,6-8H2,1H3,(H,22,23)(H,17,18,20). The summed E-state index contributed by atoms with van der Waals surface area (Å²) in [6.07, 6.45) is 2.90. The molecule has 3 rings (SSSR count). The molecule has 1 saturated heterocycles.